The van der Waals surface area contributed by atoms with Crippen LogP contribution in [0.2, 0.25) is 0 Å². The van der Waals surface area contributed by atoms with Crippen LogP contribution in [0.1, 0.15) is 16.7 Å². The summed E-state index contributed by atoms with van der Waals surface area (Å²) in [6.07, 6.45) is 1.03. The van der Waals surface area contributed by atoms with Gasteiger partial charge in [0.25, 0.3) is 0 Å². The standard InChI is InChI=1S/C24H26N2O4/c1-28-20-3-4-21-19(13-24(27)30-23(21)14-20)16-26-9-7-25(8-10-26)15-17-2-5-22-18(12-17)6-11-29-22/h2-5,12-14H,6-11,15-16H2,1H3/p+2. The minimum atomic E-state index is -0.296. The van der Waals surface area contributed by atoms with Crippen LogP contribution in [0.3, 0.4) is 0 Å². The van der Waals surface area contributed by atoms with E-state index in [1.807, 2.05) is 12.1 Å². The molecule has 2 aromatic carbocycles. The number of hydrogen-bond donors (Lipinski definition) is 2. The molecule has 6 nitrogen and oxygen atoms in total. The Morgan fingerprint density at radius 2 is 1.77 bits per heavy atom. The molecule has 1 aromatic heterocycles. The first-order valence-electron chi connectivity index (χ1n) is 10.7. The second-order valence-electron chi connectivity index (χ2n) is 8.35. The first kappa shape index (κ1) is 19.2. The first-order chi connectivity index (χ1) is 14.7. The Bertz CT molecular complexity index is 1120. The van der Waals surface area contributed by atoms with Gasteiger partial charge in [0.15, 0.2) is 0 Å². The van der Waals surface area contributed by atoms with Gasteiger partial charge in [0.1, 0.15) is 56.4 Å². The van der Waals surface area contributed by atoms with Gasteiger partial charge in [-0.05, 0) is 35.9 Å². The molecule has 2 N–H and O–H groups in total. The van der Waals surface area contributed by atoms with Crippen LogP contribution in [0, 0.1) is 0 Å². The highest BCUT2D eigenvalue weighted by molar-refractivity contribution is 5.81. The van der Waals surface area contributed by atoms with Gasteiger partial charge in [-0.1, -0.05) is 0 Å². The van der Waals surface area contributed by atoms with Crippen molar-refractivity contribution in [2.45, 2.75) is 19.5 Å². The molecule has 3 aromatic rings. The van der Waals surface area contributed by atoms with Crippen molar-refractivity contribution < 1.29 is 23.7 Å². The number of rotatable bonds is 5. The second-order valence-corrected chi connectivity index (χ2v) is 8.35. The van der Waals surface area contributed by atoms with E-state index in [9.17, 15) is 4.79 Å². The van der Waals surface area contributed by atoms with Crippen molar-refractivity contribution >= 4 is 11.0 Å². The molecule has 2 aliphatic rings. The number of benzene rings is 2. The van der Waals surface area contributed by atoms with Gasteiger partial charge in [0, 0.05) is 35.1 Å². The van der Waals surface area contributed by atoms with E-state index in [2.05, 4.69) is 18.2 Å². The van der Waals surface area contributed by atoms with E-state index in [1.54, 1.807) is 24.1 Å². The number of ether oxygens (including phenoxy) is 2. The van der Waals surface area contributed by atoms with E-state index in [0.717, 1.165) is 69.0 Å². The van der Waals surface area contributed by atoms with Gasteiger partial charge in [-0.2, -0.15) is 0 Å². The van der Waals surface area contributed by atoms with Gasteiger partial charge in [0.2, 0.25) is 0 Å². The number of fused-ring (bicyclic) bond motifs is 2. The number of quaternary nitrogens is 2. The number of methoxy groups -OCH3 is 1. The van der Waals surface area contributed by atoms with Crippen molar-refractivity contribution in [2.75, 3.05) is 39.9 Å². The summed E-state index contributed by atoms with van der Waals surface area (Å²) >= 11 is 0. The first-order valence-corrected chi connectivity index (χ1v) is 10.7. The summed E-state index contributed by atoms with van der Waals surface area (Å²) in [4.78, 5) is 15.2. The van der Waals surface area contributed by atoms with Gasteiger partial charge < -0.3 is 23.7 Å². The zero-order chi connectivity index (χ0) is 20.5. The predicted octanol–water partition coefficient (Wildman–Crippen LogP) is 0.220. The minimum Gasteiger partial charge on any atom is -0.497 e. The fourth-order valence-electron chi connectivity index (χ4n) is 4.70. The molecule has 2 aliphatic heterocycles. The minimum absolute atomic E-state index is 0.296. The van der Waals surface area contributed by atoms with Crippen molar-refractivity contribution in [1.29, 1.82) is 0 Å². The fourth-order valence-corrected chi connectivity index (χ4v) is 4.70. The van der Waals surface area contributed by atoms with E-state index in [4.69, 9.17) is 13.9 Å². The molecule has 0 unspecified atom stereocenters. The topological polar surface area (TPSA) is 57.6 Å². The summed E-state index contributed by atoms with van der Waals surface area (Å²) in [6, 6.07) is 14.0. The maximum atomic E-state index is 12.1. The predicted molar refractivity (Wildman–Crippen MR) is 113 cm³/mol. The Balaban J connectivity index is 1.24. The molecule has 1 fully saturated rings. The molecule has 0 spiro atoms. The third-order valence-corrected chi connectivity index (χ3v) is 6.35. The molecule has 30 heavy (non-hydrogen) atoms. The quantitative estimate of drug-likeness (QED) is 0.593. The van der Waals surface area contributed by atoms with Gasteiger partial charge >= 0.3 is 5.63 Å². The van der Waals surface area contributed by atoms with Crippen molar-refractivity contribution in [3.63, 3.8) is 0 Å². The molecule has 0 aliphatic carbocycles. The van der Waals surface area contributed by atoms with Gasteiger partial charge in [-0.25, -0.2) is 4.79 Å². The van der Waals surface area contributed by atoms with E-state index < -0.39 is 0 Å². The maximum Gasteiger partial charge on any atom is 0.336 e. The smallest absolute Gasteiger partial charge is 0.336 e. The Labute approximate surface area is 175 Å². The molecule has 6 heteroatoms. The van der Waals surface area contributed by atoms with Crippen molar-refractivity contribution in [2.24, 2.45) is 0 Å². The lowest BCUT2D eigenvalue weighted by Gasteiger charge is -2.30. The highest BCUT2D eigenvalue weighted by Gasteiger charge is 2.25. The molecule has 0 atom stereocenters. The van der Waals surface area contributed by atoms with Gasteiger partial charge in [0.05, 0.1) is 13.7 Å². The molecule has 0 saturated carbocycles. The summed E-state index contributed by atoms with van der Waals surface area (Å²) in [6.45, 7) is 7.19. The highest BCUT2D eigenvalue weighted by atomic mass is 16.5. The maximum absolute atomic E-state index is 12.1. The molecule has 5 rings (SSSR count). The number of piperazine rings is 1. The van der Waals surface area contributed by atoms with E-state index in [1.165, 1.54) is 16.0 Å². The molecule has 0 amide bonds. The Kier molecular flexibility index (Phi) is 5.19. The summed E-state index contributed by atoms with van der Waals surface area (Å²) in [5, 5.41) is 0.998. The molecule has 3 heterocycles. The largest absolute Gasteiger partial charge is 0.497 e. The van der Waals surface area contributed by atoms with Crippen LogP contribution in [0.15, 0.2) is 51.7 Å². The third kappa shape index (κ3) is 3.93. The average molecular weight is 408 g/mol. The summed E-state index contributed by atoms with van der Waals surface area (Å²) in [5.74, 6) is 1.76. The van der Waals surface area contributed by atoms with Crippen LogP contribution >= 0.6 is 0 Å². The fraction of sp³-hybridized carbons (Fsp3) is 0.375. The molecule has 0 radical (unpaired) electrons. The van der Waals surface area contributed by atoms with Crippen LogP contribution < -0.4 is 24.9 Å². The lowest BCUT2D eigenvalue weighted by molar-refractivity contribution is -1.02. The van der Waals surface area contributed by atoms with Gasteiger partial charge in [-0.15, -0.1) is 0 Å². The molecule has 156 valence electrons. The van der Waals surface area contributed by atoms with E-state index >= 15 is 0 Å². The second kappa shape index (κ2) is 8.13. The Hall–Kier alpha value is -2.83. The number of hydrogen-bond acceptors (Lipinski definition) is 4. The summed E-state index contributed by atoms with van der Waals surface area (Å²) in [7, 11) is 1.62. The van der Waals surface area contributed by atoms with Crippen LogP contribution in [-0.2, 0) is 19.5 Å². The Morgan fingerprint density at radius 3 is 2.57 bits per heavy atom. The number of nitrogens with one attached hydrogen (secondary N) is 2. The third-order valence-electron chi connectivity index (χ3n) is 6.35. The zero-order valence-corrected chi connectivity index (χ0v) is 17.3. The summed E-state index contributed by atoms with van der Waals surface area (Å²) in [5.41, 5.74) is 4.11. The van der Waals surface area contributed by atoms with Crippen LogP contribution in [0.4, 0.5) is 0 Å². The van der Waals surface area contributed by atoms with Crippen LogP contribution in [-0.4, -0.2) is 39.9 Å². The van der Waals surface area contributed by atoms with E-state index in [-0.39, 0.29) is 5.63 Å². The van der Waals surface area contributed by atoms with Crippen molar-refractivity contribution in [3.05, 3.63) is 69.6 Å². The lowest BCUT2D eigenvalue weighted by Crippen LogP contribution is -3.27. The average Bonchev–Trinajstić information content (AvgIpc) is 3.22. The van der Waals surface area contributed by atoms with Crippen molar-refractivity contribution in [3.8, 4) is 11.5 Å². The molecule has 0 bridgehead atoms. The SMILES string of the molecule is COc1ccc2c(C[NH+]3CC[NH+](Cc4ccc5c(c4)CCO5)CC3)cc(=O)oc2c1. The van der Waals surface area contributed by atoms with Crippen molar-refractivity contribution in [1.82, 2.24) is 0 Å². The zero-order valence-electron chi connectivity index (χ0n) is 17.3. The van der Waals surface area contributed by atoms with E-state index in [0.29, 0.717) is 11.3 Å². The monoisotopic (exact) mass is 408 g/mol. The lowest BCUT2D eigenvalue weighted by atomic mass is 10.1. The normalized spacial score (nSPS) is 20.7. The van der Waals surface area contributed by atoms with Crippen LogP contribution in [0.5, 0.6) is 11.5 Å². The van der Waals surface area contributed by atoms with Gasteiger partial charge in [-0.3, -0.25) is 0 Å². The molecular formula is C24H28N2O4+2. The Morgan fingerprint density at radius 1 is 0.967 bits per heavy atom. The summed E-state index contributed by atoms with van der Waals surface area (Å²) < 4.78 is 16.3. The molecule has 1 saturated heterocycles. The molecular weight excluding hydrogens is 380 g/mol. The van der Waals surface area contributed by atoms with Crippen LogP contribution in [0.25, 0.3) is 11.0 Å². The highest BCUT2D eigenvalue weighted by Crippen LogP contribution is 2.25.